The lowest BCUT2D eigenvalue weighted by Gasteiger charge is -2.21. The summed E-state index contributed by atoms with van der Waals surface area (Å²) < 4.78 is 68.6. The Morgan fingerprint density at radius 3 is 0.740 bits per heavy atom. The normalized spacial score (nSPS) is 14.2. The van der Waals surface area contributed by atoms with Crippen LogP contribution in [0.25, 0.3) is 0 Å². The van der Waals surface area contributed by atoms with Crippen LogP contribution in [0.15, 0.2) is 0 Å². The zero-order valence-electron chi connectivity index (χ0n) is 62.5. The first kappa shape index (κ1) is 94.1. The topological polar surface area (TPSA) is 237 Å². The molecule has 0 aliphatic carbocycles. The number of ether oxygens (including phenoxy) is 4. The van der Waals surface area contributed by atoms with Crippen molar-refractivity contribution in [3.63, 3.8) is 0 Å². The second-order valence-corrected chi connectivity index (χ2v) is 30.9. The minimum absolute atomic E-state index is 0.106. The van der Waals surface area contributed by atoms with Crippen LogP contribution in [0.2, 0.25) is 0 Å². The number of aliphatic hydroxyl groups is 1. The van der Waals surface area contributed by atoms with Crippen molar-refractivity contribution in [3.05, 3.63) is 0 Å². The molecule has 0 bridgehead atoms. The molecule has 0 spiro atoms. The number of aliphatic hydroxyl groups excluding tert-OH is 1. The van der Waals surface area contributed by atoms with E-state index in [0.717, 1.165) is 95.8 Å². The van der Waals surface area contributed by atoms with E-state index in [0.29, 0.717) is 25.7 Å². The highest BCUT2D eigenvalue weighted by molar-refractivity contribution is 7.47. The first-order valence-corrected chi connectivity index (χ1v) is 43.2. The molecule has 6 atom stereocenters. The summed E-state index contributed by atoms with van der Waals surface area (Å²) in [5.41, 5.74) is 0. The van der Waals surface area contributed by atoms with E-state index >= 15 is 0 Å². The molecule has 0 amide bonds. The van der Waals surface area contributed by atoms with Crippen LogP contribution in [-0.2, 0) is 65.4 Å². The van der Waals surface area contributed by atoms with E-state index in [2.05, 4.69) is 34.6 Å². The second-order valence-electron chi connectivity index (χ2n) is 28.0. The molecule has 0 aromatic rings. The Kier molecular flexibility index (Phi) is 68.7. The molecule has 0 saturated heterocycles. The summed E-state index contributed by atoms with van der Waals surface area (Å²) in [6, 6.07) is 0. The van der Waals surface area contributed by atoms with Crippen molar-refractivity contribution in [3.8, 4) is 0 Å². The number of hydrogen-bond acceptors (Lipinski definition) is 15. The molecular formula is C77H150O17P2. The summed E-state index contributed by atoms with van der Waals surface area (Å²) in [4.78, 5) is 72.9. The fourth-order valence-corrected chi connectivity index (χ4v) is 13.4. The van der Waals surface area contributed by atoms with Gasteiger partial charge in [-0.2, -0.15) is 0 Å². The number of rotatable bonds is 77. The molecule has 0 rings (SSSR count). The minimum atomic E-state index is -4.96. The molecule has 570 valence electrons. The Morgan fingerprint density at radius 1 is 0.292 bits per heavy atom. The molecular weight excluding hydrogens is 1260 g/mol. The maximum atomic E-state index is 13.1. The van der Waals surface area contributed by atoms with Gasteiger partial charge in [-0.15, -0.1) is 0 Å². The van der Waals surface area contributed by atoms with E-state index < -0.39 is 97.5 Å². The molecule has 0 fully saturated rings. The predicted molar refractivity (Wildman–Crippen MR) is 391 cm³/mol. The average molecular weight is 1410 g/mol. The van der Waals surface area contributed by atoms with Gasteiger partial charge in [0.2, 0.25) is 0 Å². The van der Waals surface area contributed by atoms with Crippen molar-refractivity contribution in [2.75, 3.05) is 39.6 Å². The molecule has 0 aliphatic heterocycles. The van der Waals surface area contributed by atoms with E-state index in [1.54, 1.807) is 0 Å². The molecule has 17 nitrogen and oxygen atoms in total. The lowest BCUT2D eigenvalue weighted by atomic mass is 9.99. The lowest BCUT2D eigenvalue weighted by Crippen LogP contribution is -2.30. The summed E-state index contributed by atoms with van der Waals surface area (Å²) in [5.74, 6) is -1.34. The Hall–Kier alpha value is -1.94. The largest absolute Gasteiger partial charge is 0.472 e. The van der Waals surface area contributed by atoms with E-state index in [4.69, 9.17) is 37.0 Å². The van der Waals surface area contributed by atoms with Crippen LogP contribution >= 0.6 is 15.6 Å². The molecule has 96 heavy (non-hydrogen) atoms. The van der Waals surface area contributed by atoms with Crippen molar-refractivity contribution in [2.45, 2.75) is 425 Å². The quantitative estimate of drug-likeness (QED) is 0.0222. The first-order chi connectivity index (χ1) is 46.6. The van der Waals surface area contributed by atoms with Gasteiger partial charge in [-0.3, -0.25) is 37.3 Å². The molecule has 19 heteroatoms. The maximum Gasteiger partial charge on any atom is 0.472 e. The maximum absolute atomic E-state index is 13.1. The number of hydrogen-bond donors (Lipinski definition) is 3. The first-order valence-electron chi connectivity index (χ1n) is 40.2. The Labute approximate surface area is 588 Å². The van der Waals surface area contributed by atoms with Crippen LogP contribution in [0, 0.1) is 5.92 Å². The Bertz CT molecular complexity index is 1840. The third-order valence-corrected chi connectivity index (χ3v) is 20.3. The fourth-order valence-electron chi connectivity index (χ4n) is 11.8. The number of phosphoric ester groups is 2. The van der Waals surface area contributed by atoms with Gasteiger partial charge in [0.25, 0.3) is 0 Å². The van der Waals surface area contributed by atoms with Gasteiger partial charge in [0, 0.05) is 25.7 Å². The third kappa shape index (κ3) is 69.2. The Morgan fingerprint density at radius 2 is 0.500 bits per heavy atom. The van der Waals surface area contributed by atoms with Gasteiger partial charge in [0.15, 0.2) is 12.2 Å². The summed E-state index contributed by atoms with van der Waals surface area (Å²) in [7, 11) is -9.91. The highest BCUT2D eigenvalue weighted by Gasteiger charge is 2.30. The van der Waals surface area contributed by atoms with Gasteiger partial charge in [0.1, 0.15) is 19.3 Å². The van der Waals surface area contributed by atoms with E-state index in [9.17, 15) is 43.2 Å². The number of esters is 4. The molecule has 0 saturated carbocycles. The zero-order chi connectivity index (χ0) is 70.5. The van der Waals surface area contributed by atoms with Gasteiger partial charge in [0.05, 0.1) is 26.4 Å². The minimum Gasteiger partial charge on any atom is -0.462 e. The number of carbonyl (C=O) groups is 4. The van der Waals surface area contributed by atoms with E-state index in [-0.39, 0.29) is 25.7 Å². The molecule has 0 aliphatic rings. The number of unbranched alkanes of at least 4 members (excludes halogenated alkanes) is 48. The van der Waals surface area contributed by atoms with Gasteiger partial charge in [-0.1, -0.05) is 356 Å². The summed E-state index contributed by atoms with van der Waals surface area (Å²) >= 11 is 0. The predicted octanol–water partition coefficient (Wildman–Crippen LogP) is 22.9. The van der Waals surface area contributed by atoms with Crippen molar-refractivity contribution >= 4 is 39.5 Å². The molecule has 3 unspecified atom stereocenters. The van der Waals surface area contributed by atoms with Crippen molar-refractivity contribution in [1.82, 2.24) is 0 Å². The van der Waals surface area contributed by atoms with E-state index in [1.807, 2.05) is 0 Å². The Balaban J connectivity index is 5.24. The molecule has 0 aromatic carbocycles. The number of phosphoric acid groups is 2. The fraction of sp³-hybridized carbons (Fsp3) is 0.948. The lowest BCUT2D eigenvalue weighted by molar-refractivity contribution is -0.161. The van der Waals surface area contributed by atoms with Crippen LogP contribution in [0.4, 0.5) is 0 Å². The summed E-state index contributed by atoms with van der Waals surface area (Å²) in [6.07, 6.45) is 59.5. The van der Waals surface area contributed by atoms with Gasteiger partial charge < -0.3 is 33.8 Å². The van der Waals surface area contributed by atoms with Crippen LogP contribution in [0.1, 0.15) is 407 Å². The van der Waals surface area contributed by atoms with E-state index in [1.165, 1.54) is 231 Å². The summed E-state index contributed by atoms with van der Waals surface area (Å²) in [5, 5.41) is 10.6. The molecule has 0 heterocycles. The van der Waals surface area contributed by atoms with Gasteiger partial charge in [-0.25, -0.2) is 9.13 Å². The average Bonchev–Trinajstić information content (AvgIpc) is 1.26. The SMILES string of the molecule is CCCCCCCCCCCCCCCCCCCCC(=O)O[C@H](COC(=O)CCCCCCCCCCCCCCCCC)COP(=O)(O)OC[C@@H](O)COP(=O)(O)OC[C@@H](COC(=O)CCCCCCCCCCCCC)OC(=O)CCCCCCCCCCC(C)CC. The third-order valence-electron chi connectivity index (χ3n) is 18.4. The monoisotopic (exact) mass is 1410 g/mol. The van der Waals surface area contributed by atoms with Crippen LogP contribution < -0.4 is 0 Å². The van der Waals surface area contributed by atoms with Gasteiger partial charge >= 0.3 is 39.5 Å². The number of carbonyl (C=O) groups excluding carboxylic acids is 4. The summed E-state index contributed by atoms with van der Waals surface area (Å²) in [6.45, 7) is 7.30. The van der Waals surface area contributed by atoms with Crippen molar-refractivity contribution in [1.29, 1.82) is 0 Å². The second kappa shape index (κ2) is 70.1. The molecule has 0 aromatic heterocycles. The standard InChI is InChI=1S/C77H150O17P2/c1-6-10-13-16-19-22-25-27-29-30-31-33-35-38-41-47-52-57-62-76(81)93-72(66-88-75(80)61-56-51-46-40-37-34-32-28-26-23-20-17-14-11-7-2)68-91-95(83,84)89-64-71(78)65-90-96(85,86)92-69-73(67-87-74(79)60-55-50-45-39-36-24-21-18-15-12-8-3)94-77(82)63-58-53-48-43-42-44-49-54-59-70(5)9-4/h70-73,78H,6-69H2,1-5H3,(H,83,84)(H,85,86)/t70?,71-,72-,73-/m1/s1. The van der Waals surface area contributed by atoms with Crippen molar-refractivity contribution in [2.24, 2.45) is 5.92 Å². The molecule has 3 N–H and O–H groups in total. The highest BCUT2D eigenvalue weighted by Crippen LogP contribution is 2.45. The van der Waals surface area contributed by atoms with Gasteiger partial charge in [-0.05, 0) is 31.6 Å². The van der Waals surface area contributed by atoms with Crippen LogP contribution in [0.5, 0.6) is 0 Å². The van der Waals surface area contributed by atoms with Crippen LogP contribution in [0.3, 0.4) is 0 Å². The smallest absolute Gasteiger partial charge is 0.462 e. The highest BCUT2D eigenvalue weighted by atomic mass is 31.2. The zero-order valence-corrected chi connectivity index (χ0v) is 64.3. The van der Waals surface area contributed by atoms with Crippen molar-refractivity contribution < 1.29 is 80.2 Å². The molecule has 0 radical (unpaired) electrons. The van der Waals surface area contributed by atoms with Crippen LogP contribution in [-0.4, -0.2) is 96.7 Å².